The zero-order chi connectivity index (χ0) is 22.7. The van der Waals surface area contributed by atoms with E-state index in [0.717, 1.165) is 18.4 Å². The second kappa shape index (κ2) is 9.45. The first-order valence-electron chi connectivity index (χ1n) is 10.0. The number of anilines is 1. The monoisotopic (exact) mass is 475 g/mol. The highest BCUT2D eigenvalue weighted by Gasteiger charge is 2.26. The van der Waals surface area contributed by atoms with Crippen molar-refractivity contribution < 1.29 is 22.3 Å². The van der Waals surface area contributed by atoms with Crippen LogP contribution in [0.5, 0.6) is 0 Å². The van der Waals surface area contributed by atoms with E-state index < -0.39 is 15.9 Å². The van der Waals surface area contributed by atoms with Crippen molar-refractivity contribution in [3.05, 3.63) is 65.3 Å². The number of ether oxygens (including phenoxy) is 1. The average Bonchev–Trinajstić information content (AvgIpc) is 3.46. The van der Waals surface area contributed by atoms with Crippen LogP contribution in [0.2, 0.25) is 0 Å². The minimum absolute atomic E-state index is 0.0853. The lowest BCUT2D eigenvalue weighted by Crippen LogP contribution is -2.34. The highest BCUT2D eigenvalue weighted by Crippen LogP contribution is 2.26. The number of hydrogen-bond donors (Lipinski definition) is 1. The quantitative estimate of drug-likeness (QED) is 0.558. The summed E-state index contributed by atoms with van der Waals surface area (Å²) < 4.78 is 45.5. The molecule has 0 saturated carbocycles. The number of aromatic nitrogens is 1. The Morgan fingerprint density at radius 3 is 2.59 bits per heavy atom. The number of thiazole rings is 1. The molecule has 168 valence electrons. The fraction of sp³-hybridized carbons (Fsp3) is 0.273. The topological polar surface area (TPSA) is 88.6 Å². The minimum atomic E-state index is -3.67. The third-order valence-corrected chi connectivity index (χ3v) is 7.77. The molecule has 0 radical (unpaired) electrons. The van der Waals surface area contributed by atoms with Gasteiger partial charge in [-0.1, -0.05) is 0 Å². The molecule has 1 aliphatic rings. The van der Waals surface area contributed by atoms with Gasteiger partial charge in [0.05, 0.1) is 16.7 Å². The Bertz CT molecular complexity index is 1190. The van der Waals surface area contributed by atoms with Gasteiger partial charge in [0.1, 0.15) is 5.82 Å². The summed E-state index contributed by atoms with van der Waals surface area (Å²) in [4.78, 5) is 17.0. The lowest BCUT2D eigenvalue weighted by molar-refractivity contribution is 0.0979. The third-order valence-electron chi connectivity index (χ3n) is 5.17. The van der Waals surface area contributed by atoms with Gasteiger partial charge in [0, 0.05) is 36.7 Å². The van der Waals surface area contributed by atoms with Crippen molar-refractivity contribution in [2.45, 2.75) is 23.8 Å². The SMILES string of the molecule is CN(CC1CCCO1)S(=O)(=O)c1ccc(C(=O)Nc2nc(-c3ccc(F)cc3)cs2)cc1. The van der Waals surface area contributed by atoms with Crippen LogP contribution in [-0.4, -0.2) is 49.9 Å². The van der Waals surface area contributed by atoms with E-state index in [2.05, 4.69) is 10.3 Å². The summed E-state index contributed by atoms with van der Waals surface area (Å²) in [5, 5.41) is 4.86. The number of halogens is 1. The van der Waals surface area contributed by atoms with Crippen LogP contribution < -0.4 is 5.32 Å². The molecule has 3 aromatic rings. The van der Waals surface area contributed by atoms with Crippen molar-refractivity contribution in [1.82, 2.24) is 9.29 Å². The lowest BCUT2D eigenvalue weighted by atomic mass is 10.2. The largest absolute Gasteiger partial charge is 0.377 e. The molecule has 4 rings (SSSR count). The molecule has 2 heterocycles. The number of carbonyl (C=O) groups is 1. The van der Waals surface area contributed by atoms with Crippen LogP contribution in [-0.2, 0) is 14.8 Å². The van der Waals surface area contributed by atoms with Crippen LogP contribution in [0.1, 0.15) is 23.2 Å². The van der Waals surface area contributed by atoms with E-state index in [1.165, 1.54) is 59.1 Å². The smallest absolute Gasteiger partial charge is 0.257 e. The van der Waals surface area contributed by atoms with Crippen LogP contribution in [0.25, 0.3) is 11.3 Å². The number of nitrogens with one attached hydrogen (secondary N) is 1. The number of rotatable bonds is 7. The van der Waals surface area contributed by atoms with Gasteiger partial charge in [-0.25, -0.2) is 17.8 Å². The molecule has 7 nitrogen and oxygen atoms in total. The summed E-state index contributed by atoms with van der Waals surface area (Å²) in [6, 6.07) is 11.7. The number of sulfonamides is 1. The van der Waals surface area contributed by atoms with E-state index in [-0.39, 0.29) is 16.8 Å². The summed E-state index contributed by atoms with van der Waals surface area (Å²) in [6.07, 6.45) is 1.70. The fourth-order valence-electron chi connectivity index (χ4n) is 3.39. The molecule has 2 aromatic carbocycles. The third kappa shape index (κ3) is 5.04. The molecule has 1 atom stereocenters. The van der Waals surface area contributed by atoms with Crippen LogP contribution in [0.3, 0.4) is 0 Å². The van der Waals surface area contributed by atoms with Gasteiger partial charge in [0.25, 0.3) is 5.91 Å². The van der Waals surface area contributed by atoms with E-state index >= 15 is 0 Å². The second-order valence-electron chi connectivity index (χ2n) is 7.44. The minimum Gasteiger partial charge on any atom is -0.377 e. The van der Waals surface area contributed by atoms with E-state index in [0.29, 0.717) is 29.5 Å². The molecule has 1 saturated heterocycles. The predicted molar refractivity (Wildman–Crippen MR) is 121 cm³/mol. The molecule has 1 N–H and O–H groups in total. The number of nitrogens with zero attached hydrogens (tertiary/aromatic N) is 2. The number of carbonyl (C=O) groups excluding carboxylic acids is 1. The molecular weight excluding hydrogens is 453 g/mol. The molecule has 32 heavy (non-hydrogen) atoms. The van der Waals surface area contributed by atoms with Gasteiger partial charge < -0.3 is 4.74 Å². The van der Waals surface area contributed by atoms with Crippen molar-refractivity contribution in [1.29, 1.82) is 0 Å². The van der Waals surface area contributed by atoms with Crippen LogP contribution in [0.15, 0.2) is 58.8 Å². The zero-order valence-electron chi connectivity index (χ0n) is 17.3. The van der Waals surface area contributed by atoms with Crippen LogP contribution in [0, 0.1) is 5.82 Å². The van der Waals surface area contributed by atoms with Crippen LogP contribution >= 0.6 is 11.3 Å². The van der Waals surface area contributed by atoms with Gasteiger partial charge in [-0.2, -0.15) is 4.31 Å². The van der Waals surface area contributed by atoms with Crippen molar-refractivity contribution in [2.75, 3.05) is 25.5 Å². The first kappa shape index (κ1) is 22.5. The van der Waals surface area contributed by atoms with Crippen LogP contribution in [0.4, 0.5) is 9.52 Å². The fourth-order valence-corrected chi connectivity index (χ4v) is 5.30. The van der Waals surface area contributed by atoms with Gasteiger partial charge in [-0.05, 0) is 61.4 Å². The summed E-state index contributed by atoms with van der Waals surface area (Å²) in [7, 11) is -2.15. The van der Waals surface area contributed by atoms with Crippen molar-refractivity contribution >= 4 is 32.4 Å². The molecule has 1 aromatic heterocycles. The molecule has 1 aliphatic heterocycles. The van der Waals surface area contributed by atoms with E-state index in [1.807, 2.05) is 0 Å². The normalized spacial score (nSPS) is 16.4. The molecule has 0 spiro atoms. The molecule has 1 unspecified atom stereocenters. The summed E-state index contributed by atoms with van der Waals surface area (Å²) in [6.45, 7) is 0.956. The Balaban J connectivity index is 1.41. The molecule has 10 heteroatoms. The summed E-state index contributed by atoms with van der Waals surface area (Å²) in [5.74, 6) is -0.734. The number of benzene rings is 2. The van der Waals surface area contributed by atoms with Crippen molar-refractivity contribution in [3.8, 4) is 11.3 Å². The van der Waals surface area contributed by atoms with Gasteiger partial charge >= 0.3 is 0 Å². The van der Waals surface area contributed by atoms with Crippen molar-refractivity contribution in [3.63, 3.8) is 0 Å². The number of amides is 1. The number of hydrogen-bond acceptors (Lipinski definition) is 6. The Morgan fingerprint density at radius 1 is 1.22 bits per heavy atom. The maximum absolute atomic E-state index is 13.1. The van der Waals surface area contributed by atoms with Gasteiger partial charge in [0.2, 0.25) is 10.0 Å². The Labute approximate surface area is 189 Å². The number of likely N-dealkylation sites (N-methyl/N-ethyl adjacent to an activating group) is 1. The first-order chi connectivity index (χ1) is 15.3. The Kier molecular flexibility index (Phi) is 6.66. The average molecular weight is 476 g/mol. The standard InChI is InChI=1S/C22H22FN3O4S2/c1-26(13-18-3-2-12-30-18)32(28,29)19-10-6-16(7-11-19)21(27)25-22-24-20(14-31-22)15-4-8-17(23)9-5-15/h4-11,14,18H,2-3,12-13H2,1H3,(H,24,25,27). The molecular formula is C22H22FN3O4S2. The van der Waals surface area contributed by atoms with Crippen molar-refractivity contribution in [2.24, 2.45) is 0 Å². The Hall–Kier alpha value is -2.66. The molecule has 1 fully saturated rings. The predicted octanol–water partition coefficient (Wildman–Crippen LogP) is 4.00. The van der Waals surface area contributed by atoms with E-state index in [4.69, 9.17) is 4.74 Å². The van der Waals surface area contributed by atoms with E-state index in [9.17, 15) is 17.6 Å². The molecule has 0 aliphatic carbocycles. The maximum atomic E-state index is 13.1. The second-order valence-corrected chi connectivity index (χ2v) is 10.3. The summed E-state index contributed by atoms with van der Waals surface area (Å²) >= 11 is 1.25. The summed E-state index contributed by atoms with van der Waals surface area (Å²) in [5.41, 5.74) is 1.68. The van der Waals surface area contributed by atoms with Gasteiger partial charge in [-0.15, -0.1) is 11.3 Å². The Morgan fingerprint density at radius 2 is 1.94 bits per heavy atom. The highest BCUT2D eigenvalue weighted by molar-refractivity contribution is 7.89. The highest BCUT2D eigenvalue weighted by atomic mass is 32.2. The van der Waals surface area contributed by atoms with Gasteiger partial charge in [0.15, 0.2) is 5.13 Å². The first-order valence-corrected chi connectivity index (χ1v) is 12.4. The maximum Gasteiger partial charge on any atom is 0.257 e. The lowest BCUT2D eigenvalue weighted by Gasteiger charge is -2.20. The zero-order valence-corrected chi connectivity index (χ0v) is 19.0. The van der Waals surface area contributed by atoms with Gasteiger partial charge in [-0.3, -0.25) is 10.1 Å². The molecule has 0 bridgehead atoms. The van der Waals surface area contributed by atoms with E-state index in [1.54, 1.807) is 17.5 Å². The molecule has 1 amide bonds.